The maximum atomic E-state index is 12.3. The van der Waals surface area contributed by atoms with Crippen molar-refractivity contribution >= 4 is 17.8 Å². The van der Waals surface area contributed by atoms with Crippen molar-refractivity contribution < 1.29 is 14.3 Å². The van der Waals surface area contributed by atoms with Crippen LogP contribution < -0.4 is 5.32 Å². The number of benzene rings is 1. The van der Waals surface area contributed by atoms with E-state index in [0.29, 0.717) is 26.2 Å². The van der Waals surface area contributed by atoms with Crippen LogP contribution in [0.1, 0.15) is 12.0 Å². The molecule has 0 spiro atoms. The van der Waals surface area contributed by atoms with Gasteiger partial charge in [-0.05, 0) is 31.0 Å². The number of hydrogen-bond donors (Lipinski definition) is 1. The second-order valence-corrected chi connectivity index (χ2v) is 5.10. The maximum Gasteiger partial charge on any atom is 0.409 e. The van der Waals surface area contributed by atoms with Gasteiger partial charge in [0.2, 0.25) is 0 Å². The van der Waals surface area contributed by atoms with E-state index in [1.54, 1.807) is 9.80 Å². The van der Waals surface area contributed by atoms with E-state index < -0.39 is 0 Å². The van der Waals surface area contributed by atoms with Crippen molar-refractivity contribution in [1.82, 2.24) is 9.80 Å². The van der Waals surface area contributed by atoms with Crippen LogP contribution in [-0.2, 0) is 4.74 Å². The quantitative estimate of drug-likeness (QED) is 0.863. The van der Waals surface area contributed by atoms with Gasteiger partial charge < -0.3 is 19.9 Å². The first kappa shape index (κ1) is 15.2. The first-order valence-corrected chi connectivity index (χ1v) is 7.05. The predicted octanol–water partition coefficient (Wildman–Crippen LogP) is 2.30. The molecule has 0 saturated carbocycles. The second-order valence-electron chi connectivity index (χ2n) is 5.10. The van der Waals surface area contributed by atoms with Crippen molar-refractivity contribution in [2.75, 3.05) is 38.6 Å². The third-order valence-electron chi connectivity index (χ3n) is 3.49. The molecule has 1 heterocycles. The predicted molar refractivity (Wildman–Crippen MR) is 80.4 cm³/mol. The topological polar surface area (TPSA) is 61.9 Å². The Morgan fingerprint density at radius 2 is 1.86 bits per heavy atom. The Morgan fingerprint density at radius 3 is 2.57 bits per heavy atom. The lowest BCUT2D eigenvalue weighted by molar-refractivity contribution is 0.125. The summed E-state index contributed by atoms with van der Waals surface area (Å²) in [6, 6.07) is 7.55. The van der Waals surface area contributed by atoms with Crippen LogP contribution in [0.15, 0.2) is 24.3 Å². The fraction of sp³-hybridized carbons (Fsp3) is 0.467. The van der Waals surface area contributed by atoms with E-state index in [1.165, 1.54) is 7.11 Å². The van der Waals surface area contributed by atoms with E-state index in [9.17, 15) is 9.59 Å². The van der Waals surface area contributed by atoms with Crippen LogP contribution in [-0.4, -0.2) is 55.2 Å². The molecular weight excluding hydrogens is 270 g/mol. The molecule has 0 atom stereocenters. The van der Waals surface area contributed by atoms with E-state index in [-0.39, 0.29) is 12.1 Å². The summed E-state index contributed by atoms with van der Waals surface area (Å²) in [4.78, 5) is 27.1. The van der Waals surface area contributed by atoms with Gasteiger partial charge in [-0.3, -0.25) is 0 Å². The number of hydrogen-bond acceptors (Lipinski definition) is 3. The number of urea groups is 1. The standard InChI is InChI=1S/C15H21N3O3/c1-12-5-3-6-13(11-12)16-14(19)17-7-4-8-18(10-9-17)15(20)21-2/h3,5-6,11H,4,7-10H2,1-2H3,(H,16,19). The summed E-state index contributed by atoms with van der Waals surface area (Å²) in [5.41, 5.74) is 1.88. The summed E-state index contributed by atoms with van der Waals surface area (Å²) in [7, 11) is 1.37. The highest BCUT2D eigenvalue weighted by atomic mass is 16.5. The Bertz CT molecular complexity index is 519. The highest BCUT2D eigenvalue weighted by Crippen LogP contribution is 2.12. The summed E-state index contributed by atoms with van der Waals surface area (Å²) < 4.78 is 4.72. The fourth-order valence-electron chi connectivity index (χ4n) is 2.36. The van der Waals surface area contributed by atoms with Crippen LogP contribution in [0.4, 0.5) is 15.3 Å². The van der Waals surface area contributed by atoms with Gasteiger partial charge in [0.1, 0.15) is 0 Å². The molecule has 1 aromatic rings. The molecule has 1 aliphatic rings. The number of carbonyl (C=O) groups is 2. The third-order valence-corrected chi connectivity index (χ3v) is 3.49. The van der Waals surface area contributed by atoms with Gasteiger partial charge in [0.25, 0.3) is 0 Å². The maximum absolute atomic E-state index is 12.3. The van der Waals surface area contributed by atoms with E-state index in [0.717, 1.165) is 17.7 Å². The van der Waals surface area contributed by atoms with Crippen LogP contribution in [0, 0.1) is 6.92 Å². The number of nitrogens with one attached hydrogen (secondary N) is 1. The largest absolute Gasteiger partial charge is 0.453 e. The van der Waals surface area contributed by atoms with Crippen molar-refractivity contribution in [2.45, 2.75) is 13.3 Å². The Morgan fingerprint density at radius 1 is 1.14 bits per heavy atom. The van der Waals surface area contributed by atoms with Gasteiger partial charge in [-0.1, -0.05) is 12.1 Å². The molecule has 6 heteroatoms. The lowest BCUT2D eigenvalue weighted by Crippen LogP contribution is -2.39. The Labute approximate surface area is 124 Å². The average Bonchev–Trinajstić information content (AvgIpc) is 2.72. The Hall–Kier alpha value is -2.24. The van der Waals surface area contributed by atoms with Crippen molar-refractivity contribution in [2.24, 2.45) is 0 Å². The summed E-state index contributed by atoms with van der Waals surface area (Å²) in [6.07, 6.45) is 0.409. The molecular formula is C15H21N3O3. The molecule has 2 rings (SSSR count). The molecule has 0 radical (unpaired) electrons. The third kappa shape index (κ3) is 4.11. The number of rotatable bonds is 1. The van der Waals surface area contributed by atoms with Gasteiger partial charge >= 0.3 is 12.1 Å². The van der Waals surface area contributed by atoms with Crippen LogP contribution >= 0.6 is 0 Å². The zero-order valence-electron chi connectivity index (χ0n) is 12.5. The van der Waals surface area contributed by atoms with Crippen molar-refractivity contribution in [3.8, 4) is 0 Å². The van der Waals surface area contributed by atoms with Crippen molar-refractivity contribution in [3.05, 3.63) is 29.8 Å². The van der Waals surface area contributed by atoms with Crippen LogP contribution in [0.5, 0.6) is 0 Å². The minimum Gasteiger partial charge on any atom is -0.453 e. The lowest BCUT2D eigenvalue weighted by atomic mass is 10.2. The SMILES string of the molecule is COC(=O)N1CCCN(C(=O)Nc2cccc(C)c2)CC1. The highest BCUT2D eigenvalue weighted by Gasteiger charge is 2.22. The molecule has 0 unspecified atom stereocenters. The Kier molecular flexibility index (Phi) is 5.03. The second kappa shape index (κ2) is 6.97. The number of carbonyl (C=O) groups excluding carboxylic acids is 2. The minimum absolute atomic E-state index is 0.132. The molecule has 114 valence electrons. The first-order chi connectivity index (χ1) is 10.1. The molecule has 0 aliphatic carbocycles. The number of ether oxygens (including phenoxy) is 1. The van der Waals surface area contributed by atoms with E-state index in [2.05, 4.69) is 5.32 Å². The number of aryl methyl sites for hydroxylation is 1. The van der Waals surface area contributed by atoms with Crippen molar-refractivity contribution in [3.63, 3.8) is 0 Å². The molecule has 1 aromatic carbocycles. The van der Waals surface area contributed by atoms with Gasteiger partial charge in [0.05, 0.1) is 7.11 Å². The molecule has 6 nitrogen and oxygen atoms in total. The summed E-state index contributed by atoms with van der Waals surface area (Å²) in [6.45, 7) is 4.22. The van der Waals surface area contributed by atoms with Crippen molar-refractivity contribution in [1.29, 1.82) is 0 Å². The molecule has 21 heavy (non-hydrogen) atoms. The van der Waals surface area contributed by atoms with E-state index >= 15 is 0 Å². The average molecular weight is 291 g/mol. The van der Waals surface area contributed by atoms with E-state index in [1.807, 2.05) is 31.2 Å². The molecule has 1 aliphatic heterocycles. The molecule has 0 bridgehead atoms. The van der Waals surface area contributed by atoms with Gasteiger partial charge in [-0.25, -0.2) is 9.59 Å². The molecule has 1 N–H and O–H groups in total. The number of methoxy groups -OCH3 is 1. The highest BCUT2D eigenvalue weighted by molar-refractivity contribution is 5.89. The smallest absolute Gasteiger partial charge is 0.409 e. The molecule has 1 fully saturated rings. The Balaban J connectivity index is 1.92. The fourth-order valence-corrected chi connectivity index (χ4v) is 2.36. The first-order valence-electron chi connectivity index (χ1n) is 7.05. The zero-order chi connectivity index (χ0) is 15.2. The summed E-state index contributed by atoms with van der Waals surface area (Å²) in [5.74, 6) is 0. The molecule has 0 aromatic heterocycles. The number of anilines is 1. The monoisotopic (exact) mass is 291 g/mol. The number of nitrogens with zero attached hydrogens (tertiary/aromatic N) is 2. The molecule has 3 amide bonds. The number of amides is 3. The minimum atomic E-state index is -0.337. The van der Waals surface area contributed by atoms with Crippen LogP contribution in [0.3, 0.4) is 0 Å². The zero-order valence-corrected chi connectivity index (χ0v) is 12.5. The van der Waals surface area contributed by atoms with E-state index in [4.69, 9.17) is 4.74 Å². The van der Waals surface area contributed by atoms with Gasteiger partial charge in [0.15, 0.2) is 0 Å². The van der Waals surface area contributed by atoms with Crippen LogP contribution in [0.25, 0.3) is 0 Å². The summed E-state index contributed by atoms with van der Waals surface area (Å²) >= 11 is 0. The lowest BCUT2D eigenvalue weighted by Gasteiger charge is -2.21. The van der Waals surface area contributed by atoms with Gasteiger partial charge in [-0.15, -0.1) is 0 Å². The summed E-state index contributed by atoms with van der Waals surface area (Å²) in [5, 5.41) is 2.89. The normalized spacial score (nSPS) is 15.3. The van der Waals surface area contributed by atoms with Gasteiger partial charge in [-0.2, -0.15) is 0 Å². The van der Waals surface area contributed by atoms with Gasteiger partial charge in [0, 0.05) is 31.9 Å². The van der Waals surface area contributed by atoms with Crippen LogP contribution in [0.2, 0.25) is 0 Å². The molecule has 1 saturated heterocycles.